The van der Waals surface area contributed by atoms with Crippen molar-refractivity contribution in [3.05, 3.63) is 42.0 Å². The number of phenolic OH excluding ortho intramolecular Hbond substituents is 1. The van der Waals surface area contributed by atoms with Crippen molar-refractivity contribution < 1.29 is 14.6 Å². The van der Waals surface area contributed by atoms with Crippen LogP contribution in [0.15, 0.2) is 36.4 Å². The van der Waals surface area contributed by atoms with Crippen LogP contribution in [0.4, 0.5) is 5.69 Å². The summed E-state index contributed by atoms with van der Waals surface area (Å²) in [6.45, 7) is 0. The monoisotopic (exact) mass is 265 g/mol. The number of phenols is 1. The zero-order chi connectivity index (χ0) is 13.9. The fourth-order valence-corrected chi connectivity index (χ4v) is 2.89. The van der Waals surface area contributed by atoms with E-state index in [-0.39, 0.29) is 11.7 Å². The van der Waals surface area contributed by atoms with Crippen LogP contribution in [0.25, 0.3) is 21.5 Å². The van der Waals surface area contributed by atoms with Crippen molar-refractivity contribution in [1.29, 1.82) is 0 Å². The molecule has 0 saturated carbocycles. The maximum Gasteiger partial charge on any atom is 0.256 e. The van der Waals surface area contributed by atoms with Gasteiger partial charge in [0.1, 0.15) is 11.5 Å². The van der Waals surface area contributed by atoms with Crippen LogP contribution in [-0.4, -0.2) is 18.1 Å². The number of carbonyl (C=O) groups excluding carboxylic acids is 1. The summed E-state index contributed by atoms with van der Waals surface area (Å²) in [5.74, 6) is 0.780. The van der Waals surface area contributed by atoms with Gasteiger partial charge >= 0.3 is 0 Å². The number of carbonyl (C=O) groups is 1. The lowest BCUT2D eigenvalue weighted by Gasteiger charge is -2.10. The van der Waals surface area contributed by atoms with Crippen molar-refractivity contribution in [1.82, 2.24) is 0 Å². The number of ether oxygens (including phenoxy) is 1. The summed E-state index contributed by atoms with van der Waals surface area (Å²) in [7, 11) is 1.60. The van der Waals surface area contributed by atoms with Gasteiger partial charge < -0.3 is 15.2 Å². The number of hydrogen-bond donors (Lipinski definition) is 2. The molecule has 3 aromatic carbocycles. The second-order valence-electron chi connectivity index (χ2n) is 4.85. The van der Waals surface area contributed by atoms with Crippen LogP contribution in [0, 0.1) is 0 Å². The van der Waals surface area contributed by atoms with Crippen LogP contribution in [0.1, 0.15) is 10.4 Å². The minimum Gasteiger partial charge on any atom is -0.508 e. The minimum absolute atomic E-state index is 0.104. The molecule has 3 aromatic rings. The molecule has 2 N–H and O–H groups in total. The summed E-state index contributed by atoms with van der Waals surface area (Å²) in [4.78, 5) is 12.0. The molecule has 20 heavy (non-hydrogen) atoms. The Hall–Kier alpha value is -2.75. The Morgan fingerprint density at radius 1 is 1.10 bits per heavy atom. The van der Waals surface area contributed by atoms with E-state index in [1.165, 1.54) is 0 Å². The van der Waals surface area contributed by atoms with E-state index in [9.17, 15) is 9.90 Å². The first-order valence-corrected chi connectivity index (χ1v) is 6.27. The molecule has 1 aliphatic rings. The van der Waals surface area contributed by atoms with Crippen molar-refractivity contribution in [2.75, 3.05) is 12.4 Å². The number of anilines is 1. The Labute approximate surface area is 114 Å². The molecule has 4 heteroatoms. The fraction of sp³-hybridized carbons (Fsp3) is 0.0625. The molecule has 0 saturated heterocycles. The standard InChI is InChI=1S/C16H11NO3/c1-20-13-5-4-10-14-12(17-16(10)19)6-8-2-3-9(18)7-11(8)15(13)14/h2-7,18H,1H3,(H,17,19). The third kappa shape index (κ3) is 1.28. The summed E-state index contributed by atoms with van der Waals surface area (Å²) in [6.07, 6.45) is 0. The van der Waals surface area contributed by atoms with Gasteiger partial charge in [0, 0.05) is 16.3 Å². The first kappa shape index (κ1) is 11.1. The normalized spacial score (nSPS) is 12.9. The van der Waals surface area contributed by atoms with Gasteiger partial charge in [-0.2, -0.15) is 0 Å². The topological polar surface area (TPSA) is 58.6 Å². The number of benzene rings is 3. The number of hydrogen-bond acceptors (Lipinski definition) is 3. The maximum absolute atomic E-state index is 12.0. The lowest BCUT2D eigenvalue weighted by molar-refractivity contribution is 0.103. The Balaban J connectivity index is 2.32. The Morgan fingerprint density at radius 2 is 1.95 bits per heavy atom. The van der Waals surface area contributed by atoms with E-state index < -0.39 is 0 Å². The van der Waals surface area contributed by atoms with Gasteiger partial charge in [-0.05, 0) is 41.1 Å². The molecule has 0 bridgehead atoms. The maximum atomic E-state index is 12.0. The number of nitrogens with one attached hydrogen (secondary N) is 1. The second-order valence-corrected chi connectivity index (χ2v) is 4.85. The SMILES string of the molecule is COc1ccc2c3c(cc4ccc(O)cc4c13)NC2=O. The Bertz CT molecular complexity index is 899. The van der Waals surface area contributed by atoms with Gasteiger partial charge in [-0.3, -0.25) is 4.79 Å². The zero-order valence-corrected chi connectivity index (χ0v) is 10.7. The van der Waals surface area contributed by atoms with Crippen molar-refractivity contribution >= 4 is 33.1 Å². The van der Waals surface area contributed by atoms with Gasteiger partial charge in [0.15, 0.2) is 0 Å². The third-order valence-electron chi connectivity index (χ3n) is 3.76. The Morgan fingerprint density at radius 3 is 2.75 bits per heavy atom. The van der Waals surface area contributed by atoms with Gasteiger partial charge in [0.2, 0.25) is 0 Å². The fourth-order valence-electron chi connectivity index (χ4n) is 2.89. The first-order valence-electron chi connectivity index (χ1n) is 6.27. The van der Waals surface area contributed by atoms with E-state index in [1.54, 1.807) is 31.4 Å². The molecule has 0 unspecified atom stereocenters. The summed E-state index contributed by atoms with van der Waals surface area (Å²) in [6, 6.07) is 10.6. The average molecular weight is 265 g/mol. The lowest BCUT2D eigenvalue weighted by atomic mass is 9.97. The van der Waals surface area contributed by atoms with Crippen LogP contribution >= 0.6 is 0 Å². The number of amides is 1. The molecule has 0 radical (unpaired) electrons. The van der Waals surface area contributed by atoms with Gasteiger partial charge in [-0.25, -0.2) is 0 Å². The second kappa shape index (κ2) is 3.63. The number of rotatable bonds is 1. The van der Waals surface area contributed by atoms with Crippen LogP contribution < -0.4 is 10.1 Å². The quantitative estimate of drug-likeness (QED) is 0.664. The summed E-state index contributed by atoms with van der Waals surface area (Å²) < 4.78 is 5.43. The lowest BCUT2D eigenvalue weighted by Crippen LogP contribution is -2.03. The van der Waals surface area contributed by atoms with Crippen LogP contribution in [0.2, 0.25) is 0 Å². The molecule has 0 aliphatic carbocycles. The largest absolute Gasteiger partial charge is 0.508 e. The number of methoxy groups -OCH3 is 1. The van der Waals surface area contributed by atoms with E-state index in [2.05, 4.69) is 5.32 Å². The minimum atomic E-state index is -0.104. The molecular formula is C16H11NO3. The van der Waals surface area contributed by atoms with Crippen LogP contribution in [-0.2, 0) is 0 Å². The van der Waals surface area contributed by atoms with E-state index in [4.69, 9.17) is 4.74 Å². The molecule has 4 rings (SSSR count). The first-order chi connectivity index (χ1) is 9.69. The third-order valence-corrected chi connectivity index (χ3v) is 3.76. The molecule has 0 atom stereocenters. The van der Waals surface area contributed by atoms with E-state index >= 15 is 0 Å². The highest BCUT2D eigenvalue weighted by Crippen LogP contribution is 2.43. The average Bonchev–Trinajstić information content (AvgIpc) is 2.77. The van der Waals surface area contributed by atoms with Crippen molar-refractivity contribution in [3.63, 3.8) is 0 Å². The molecule has 0 fully saturated rings. The summed E-state index contributed by atoms with van der Waals surface area (Å²) in [5.41, 5.74) is 1.43. The van der Waals surface area contributed by atoms with Crippen molar-refractivity contribution in [2.24, 2.45) is 0 Å². The molecule has 0 spiro atoms. The van der Waals surface area contributed by atoms with Crippen LogP contribution in [0.5, 0.6) is 11.5 Å². The highest BCUT2D eigenvalue weighted by molar-refractivity contribution is 6.30. The Kier molecular flexibility index (Phi) is 2.02. The van der Waals surface area contributed by atoms with E-state index in [1.807, 2.05) is 12.1 Å². The predicted octanol–water partition coefficient (Wildman–Crippen LogP) is 3.27. The number of fused-ring (bicyclic) bond motifs is 2. The van der Waals surface area contributed by atoms with Gasteiger partial charge in [-0.1, -0.05) is 6.07 Å². The smallest absolute Gasteiger partial charge is 0.256 e. The zero-order valence-electron chi connectivity index (χ0n) is 10.7. The molecular weight excluding hydrogens is 254 g/mol. The molecule has 1 heterocycles. The molecule has 1 amide bonds. The van der Waals surface area contributed by atoms with Crippen LogP contribution in [0.3, 0.4) is 0 Å². The van der Waals surface area contributed by atoms with Gasteiger partial charge in [0.05, 0.1) is 12.8 Å². The number of aromatic hydroxyl groups is 1. The summed E-state index contributed by atoms with van der Waals surface area (Å²) in [5, 5.41) is 16.1. The highest BCUT2D eigenvalue weighted by Gasteiger charge is 2.24. The van der Waals surface area contributed by atoms with Gasteiger partial charge in [0.25, 0.3) is 5.91 Å². The summed E-state index contributed by atoms with van der Waals surface area (Å²) >= 11 is 0. The molecule has 1 aliphatic heterocycles. The van der Waals surface area contributed by atoms with E-state index in [0.717, 1.165) is 27.2 Å². The molecule has 98 valence electrons. The van der Waals surface area contributed by atoms with E-state index in [0.29, 0.717) is 11.3 Å². The predicted molar refractivity (Wildman–Crippen MR) is 77.6 cm³/mol. The van der Waals surface area contributed by atoms with Crippen molar-refractivity contribution in [3.8, 4) is 11.5 Å². The molecule has 4 nitrogen and oxygen atoms in total. The van der Waals surface area contributed by atoms with Crippen molar-refractivity contribution in [2.45, 2.75) is 0 Å². The molecule has 0 aromatic heterocycles. The highest BCUT2D eigenvalue weighted by atomic mass is 16.5. The van der Waals surface area contributed by atoms with Gasteiger partial charge in [-0.15, -0.1) is 0 Å².